The molecule has 0 atom stereocenters. The Kier molecular flexibility index (Phi) is 5.78. The van der Waals surface area contributed by atoms with Gasteiger partial charge in [-0.25, -0.2) is 8.42 Å². The number of carbonyl (C=O) groups excluding carboxylic acids is 2. The average molecular weight is 422 g/mol. The molecule has 29 heavy (non-hydrogen) atoms. The van der Waals surface area contributed by atoms with E-state index in [1.54, 1.807) is 11.0 Å². The van der Waals surface area contributed by atoms with Crippen LogP contribution < -0.4 is 9.64 Å². The zero-order valence-electron chi connectivity index (χ0n) is 16.5. The largest absolute Gasteiger partial charge is 0.482 e. The minimum atomic E-state index is -3.66. The molecule has 3 heterocycles. The Bertz CT molecular complexity index is 887. The molecule has 0 unspecified atom stereocenters. The molecular weight excluding hydrogens is 394 g/mol. The minimum absolute atomic E-state index is 0.0948. The van der Waals surface area contributed by atoms with Crippen molar-refractivity contribution in [3.05, 3.63) is 18.2 Å². The van der Waals surface area contributed by atoms with Crippen LogP contribution in [0, 0.1) is 0 Å². The minimum Gasteiger partial charge on any atom is -0.482 e. The van der Waals surface area contributed by atoms with E-state index in [0.29, 0.717) is 37.6 Å². The van der Waals surface area contributed by atoms with Crippen LogP contribution in [0.5, 0.6) is 5.75 Å². The van der Waals surface area contributed by atoms with Crippen molar-refractivity contribution in [3.8, 4) is 5.75 Å². The van der Waals surface area contributed by atoms with Crippen LogP contribution in [0.4, 0.5) is 5.69 Å². The lowest BCUT2D eigenvalue weighted by Gasteiger charge is -2.31. The van der Waals surface area contributed by atoms with Gasteiger partial charge >= 0.3 is 0 Å². The zero-order valence-corrected chi connectivity index (χ0v) is 17.3. The maximum Gasteiger partial charge on any atom is 0.265 e. The molecule has 0 spiro atoms. The monoisotopic (exact) mass is 421 g/mol. The van der Waals surface area contributed by atoms with Crippen LogP contribution in [0.3, 0.4) is 0 Å². The molecule has 4 rings (SSSR count). The van der Waals surface area contributed by atoms with Crippen LogP contribution in [-0.2, 0) is 19.6 Å². The molecule has 0 bridgehead atoms. The summed E-state index contributed by atoms with van der Waals surface area (Å²) in [5.74, 6) is -0.0347. The van der Waals surface area contributed by atoms with Gasteiger partial charge < -0.3 is 9.64 Å². The van der Waals surface area contributed by atoms with Gasteiger partial charge in [0.15, 0.2) is 6.61 Å². The summed E-state index contributed by atoms with van der Waals surface area (Å²) in [5, 5.41) is 0. The maximum absolute atomic E-state index is 13.2. The van der Waals surface area contributed by atoms with Crippen LogP contribution in [0.25, 0.3) is 0 Å². The Morgan fingerprint density at radius 1 is 0.966 bits per heavy atom. The smallest absolute Gasteiger partial charge is 0.265 e. The van der Waals surface area contributed by atoms with Crippen LogP contribution in [0.15, 0.2) is 23.1 Å². The van der Waals surface area contributed by atoms with Crippen molar-refractivity contribution in [2.75, 3.05) is 44.2 Å². The molecule has 9 heteroatoms. The normalized spacial score (nSPS) is 20.9. The van der Waals surface area contributed by atoms with E-state index < -0.39 is 10.0 Å². The molecular formula is C20H27N3O5S. The third-order valence-electron chi connectivity index (χ3n) is 5.83. The summed E-state index contributed by atoms with van der Waals surface area (Å²) in [6.45, 7) is 2.17. The molecule has 3 aliphatic rings. The van der Waals surface area contributed by atoms with Crippen molar-refractivity contribution in [2.45, 2.75) is 43.4 Å². The van der Waals surface area contributed by atoms with Gasteiger partial charge in [0, 0.05) is 26.2 Å². The Morgan fingerprint density at radius 3 is 2.31 bits per heavy atom. The molecule has 0 radical (unpaired) electrons. The second-order valence-corrected chi connectivity index (χ2v) is 9.74. The third kappa shape index (κ3) is 4.11. The lowest BCUT2D eigenvalue weighted by Crippen LogP contribution is -2.46. The van der Waals surface area contributed by atoms with Crippen molar-refractivity contribution < 1.29 is 22.7 Å². The molecule has 2 saturated heterocycles. The van der Waals surface area contributed by atoms with E-state index in [2.05, 4.69) is 0 Å². The van der Waals surface area contributed by atoms with Gasteiger partial charge in [-0.2, -0.15) is 4.31 Å². The summed E-state index contributed by atoms with van der Waals surface area (Å²) < 4.78 is 33.3. The van der Waals surface area contributed by atoms with E-state index in [9.17, 15) is 18.0 Å². The van der Waals surface area contributed by atoms with Crippen molar-refractivity contribution in [2.24, 2.45) is 0 Å². The van der Waals surface area contributed by atoms with Gasteiger partial charge in [-0.3, -0.25) is 14.5 Å². The van der Waals surface area contributed by atoms with E-state index in [0.717, 1.165) is 38.5 Å². The van der Waals surface area contributed by atoms with Crippen molar-refractivity contribution in [3.63, 3.8) is 0 Å². The molecule has 0 aliphatic carbocycles. The van der Waals surface area contributed by atoms with Gasteiger partial charge in [0.25, 0.3) is 5.91 Å². The summed E-state index contributed by atoms with van der Waals surface area (Å²) in [7, 11) is -3.66. The second kappa shape index (κ2) is 8.31. The van der Waals surface area contributed by atoms with Crippen molar-refractivity contribution in [1.29, 1.82) is 0 Å². The van der Waals surface area contributed by atoms with E-state index >= 15 is 0 Å². The number of likely N-dealkylation sites (tertiary alicyclic amines) is 1. The SMILES string of the molecule is O=C(CN1C(=O)COc2ccc(S(=O)(=O)N3CCCCCC3)cc21)N1CCCC1. The van der Waals surface area contributed by atoms with E-state index in [1.165, 1.54) is 21.3 Å². The van der Waals surface area contributed by atoms with E-state index in [-0.39, 0.29) is 29.9 Å². The number of benzene rings is 1. The molecule has 158 valence electrons. The Labute approximate surface area is 171 Å². The number of hydrogen-bond acceptors (Lipinski definition) is 5. The summed E-state index contributed by atoms with van der Waals surface area (Å²) >= 11 is 0. The summed E-state index contributed by atoms with van der Waals surface area (Å²) in [6.07, 6.45) is 5.70. The number of fused-ring (bicyclic) bond motifs is 1. The number of anilines is 1. The predicted molar refractivity (Wildman–Crippen MR) is 107 cm³/mol. The molecule has 8 nitrogen and oxygen atoms in total. The number of amides is 2. The van der Waals surface area contributed by atoms with E-state index in [4.69, 9.17) is 4.74 Å². The third-order valence-corrected chi connectivity index (χ3v) is 7.72. The summed E-state index contributed by atoms with van der Waals surface area (Å²) in [5.41, 5.74) is 0.352. The first-order valence-electron chi connectivity index (χ1n) is 10.3. The first kappa shape index (κ1) is 20.2. The number of carbonyl (C=O) groups is 2. The lowest BCUT2D eigenvalue weighted by atomic mass is 10.2. The first-order chi connectivity index (χ1) is 14.0. The highest BCUT2D eigenvalue weighted by Crippen LogP contribution is 2.35. The highest BCUT2D eigenvalue weighted by Gasteiger charge is 2.32. The Morgan fingerprint density at radius 2 is 1.62 bits per heavy atom. The number of ether oxygens (including phenoxy) is 1. The van der Waals surface area contributed by atoms with Crippen molar-refractivity contribution >= 4 is 27.5 Å². The fourth-order valence-corrected chi connectivity index (χ4v) is 5.69. The van der Waals surface area contributed by atoms with Crippen LogP contribution >= 0.6 is 0 Å². The molecule has 1 aromatic carbocycles. The standard InChI is InChI=1S/C20H27N3O5S/c24-19(21-9-5-6-10-21)14-23-17-13-16(7-8-18(17)28-15-20(23)25)29(26,27)22-11-3-1-2-4-12-22/h7-8,13H,1-6,9-12,14-15H2. The molecule has 0 N–H and O–H groups in total. The van der Waals surface area contributed by atoms with Gasteiger partial charge in [-0.1, -0.05) is 12.8 Å². The predicted octanol–water partition coefficient (Wildman–Crippen LogP) is 1.60. The molecule has 3 aliphatic heterocycles. The summed E-state index contributed by atoms with van der Waals surface area (Å²) in [4.78, 5) is 28.3. The number of rotatable bonds is 4. The first-order valence-corrected chi connectivity index (χ1v) is 11.8. The van der Waals surface area contributed by atoms with Crippen LogP contribution in [-0.4, -0.2) is 68.8 Å². The Hall–Kier alpha value is -2.13. The lowest BCUT2D eigenvalue weighted by molar-refractivity contribution is -0.131. The van der Waals surface area contributed by atoms with Gasteiger partial charge in [0.05, 0.1) is 10.6 Å². The fraction of sp³-hybridized carbons (Fsp3) is 0.600. The second-order valence-electron chi connectivity index (χ2n) is 7.80. The number of sulfonamides is 1. The topological polar surface area (TPSA) is 87.2 Å². The van der Waals surface area contributed by atoms with Crippen LogP contribution in [0.1, 0.15) is 38.5 Å². The highest BCUT2D eigenvalue weighted by atomic mass is 32.2. The van der Waals surface area contributed by atoms with Gasteiger partial charge in [-0.15, -0.1) is 0 Å². The van der Waals surface area contributed by atoms with Gasteiger partial charge in [0.1, 0.15) is 12.3 Å². The number of nitrogens with zero attached hydrogens (tertiary/aromatic N) is 3. The summed E-state index contributed by atoms with van der Waals surface area (Å²) in [6, 6.07) is 4.58. The quantitative estimate of drug-likeness (QED) is 0.737. The average Bonchev–Trinajstić information content (AvgIpc) is 3.11. The molecule has 2 amide bonds. The molecule has 1 aromatic rings. The highest BCUT2D eigenvalue weighted by molar-refractivity contribution is 7.89. The Balaban J connectivity index is 1.62. The van der Waals surface area contributed by atoms with E-state index in [1.807, 2.05) is 0 Å². The fourth-order valence-electron chi connectivity index (χ4n) is 4.15. The van der Waals surface area contributed by atoms with Gasteiger partial charge in [0.2, 0.25) is 15.9 Å². The molecule has 0 aromatic heterocycles. The zero-order chi connectivity index (χ0) is 20.4. The van der Waals surface area contributed by atoms with Crippen LogP contribution in [0.2, 0.25) is 0 Å². The van der Waals surface area contributed by atoms with Crippen molar-refractivity contribution in [1.82, 2.24) is 9.21 Å². The molecule has 2 fully saturated rings. The van der Waals surface area contributed by atoms with Gasteiger partial charge in [-0.05, 0) is 43.9 Å². The molecule has 0 saturated carbocycles. The maximum atomic E-state index is 13.2. The number of hydrogen-bond donors (Lipinski definition) is 0.